The van der Waals surface area contributed by atoms with Gasteiger partial charge in [-0.1, -0.05) is 37.6 Å². The van der Waals surface area contributed by atoms with Crippen LogP contribution in [0, 0.1) is 5.82 Å². The normalized spacial score (nSPS) is 15.0. The molecule has 7 heteroatoms. The fraction of sp³-hybridized carbons (Fsp3) is 0.333. The van der Waals surface area contributed by atoms with Crippen LogP contribution in [-0.4, -0.2) is 48.4 Å². The number of fused-ring (bicyclic) bond motifs is 1. The topological polar surface area (TPSA) is 49.9 Å². The van der Waals surface area contributed by atoms with E-state index in [9.17, 15) is 14.0 Å². The maximum Gasteiger partial charge on any atom is 0.257 e. The third-order valence-corrected chi connectivity index (χ3v) is 7.21. The Bertz CT molecular complexity index is 1140. The maximum atomic E-state index is 14.3. The first-order chi connectivity index (χ1) is 16.5. The third kappa shape index (κ3) is 4.99. The van der Waals surface area contributed by atoms with Crippen molar-refractivity contribution >= 4 is 23.2 Å². The van der Waals surface area contributed by atoms with Crippen molar-refractivity contribution in [2.45, 2.75) is 32.2 Å². The summed E-state index contributed by atoms with van der Waals surface area (Å²) in [7, 11) is 1.62. The van der Waals surface area contributed by atoms with Gasteiger partial charge in [0.15, 0.2) is 0 Å². The number of ether oxygens (including phenoxy) is 1. The molecular weight excluding hydrogens is 451 g/mol. The number of amides is 2. The van der Waals surface area contributed by atoms with Crippen LogP contribution in [-0.2, 0) is 11.2 Å². The summed E-state index contributed by atoms with van der Waals surface area (Å²) >= 11 is 1.71. The molecule has 0 bridgehead atoms. The van der Waals surface area contributed by atoms with Gasteiger partial charge in [0, 0.05) is 18.0 Å². The third-order valence-electron chi connectivity index (χ3n) is 6.22. The Hall–Kier alpha value is -3.19. The lowest BCUT2D eigenvalue weighted by Gasteiger charge is -2.37. The molecule has 2 amide bonds. The number of hydrogen-bond donors (Lipinski definition) is 0. The molecule has 1 aliphatic rings. The summed E-state index contributed by atoms with van der Waals surface area (Å²) in [5.74, 6) is -0.407. The molecule has 178 valence electrons. The van der Waals surface area contributed by atoms with Crippen LogP contribution in [0.15, 0.2) is 60.0 Å². The van der Waals surface area contributed by atoms with Crippen LogP contribution < -0.4 is 4.74 Å². The Labute approximate surface area is 203 Å². The Morgan fingerprint density at radius 2 is 1.91 bits per heavy atom. The minimum Gasteiger partial charge on any atom is -0.497 e. The lowest BCUT2D eigenvalue weighted by Crippen LogP contribution is -2.47. The Kier molecular flexibility index (Phi) is 7.63. The molecule has 0 saturated heterocycles. The van der Waals surface area contributed by atoms with E-state index in [-0.39, 0.29) is 24.1 Å². The van der Waals surface area contributed by atoms with Crippen LogP contribution in [0.4, 0.5) is 4.39 Å². The Balaban J connectivity index is 1.62. The standard InChI is InChI=1S/C27H29FN2O3S/c1-3-4-15-29(27(32)21-7-5-6-8-23(21)28)18-25(31)30-16-13-24-22(14-17-34-24)26(30)19-9-11-20(33-2)12-10-19/h5-12,14,17,26H,3-4,13,15-16,18H2,1-2H3. The molecule has 0 N–H and O–H groups in total. The van der Waals surface area contributed by atoms with Crippen LogP contribution in [0.5, 0.6) is 5.75 Å². The zero-order chi connectivity index (χ0) is 24.1. The van der Waals surface area contributed by atoms with Crippen molar-refractivity contribution in [3.05, 3.63) is 87.4 Å². The molecule has 1 unspecified atom stereocenters. The minimum absolute atomic E-state index is 0.00290. The summed E-state index contributed by atoms with van der Waals surface area (Å²) in [5, 5.41) is 2.06. The maximum absolute atomic E-state index is 14.3. The van der Waals surface area contributed by atoms with Gasteiger partial charge in [-0.2, -0.15) is 0 Å². The Morgan fingerprint density at radius 1 is 1.15 bits per heavy atom. The number of carbonyl (C=O) groups excluding carboxylic acids is 2. The first kappa shape index (κ1) is 24.0. The molecule has 0 spiro atoms. The van der Waals surface area contributed by atoms with Crippen molar-refractivity contribution in [2.24, 2.45) is 0 Å². The summed E-state index contributed by atoms with van der Waals surface area (Å²) in [6.45, 7) is 2.91. The quantitative estimate of drug-likeness (QED) is 0.439. The molecule has 0 radical (unpaired) electrons. The van der Waals surface area contributed by atoms with E-state index in [0.29, 0.717) is 13.1 Å². The molecule has 1 aliphatic heterocycles. The van der Waals surface area contributed by atoms with E-state index in [4.69, 9.17) is 4.74 Å². The fourth-order valence-corrected chi connectivity index (χ4v) is 5.30. The first-order valence-electron chi connectivity index (χ1n) is 11.6. The molecule has 3 aromatic rings. The number of halogens is 1. The van der Waals surface area contributed by atoms with Crippen LogP contribution in [0.25, 0.3) is 0 Å². The fourth-order valence-electron chi connectivity index (χ4n) is 4.39. The average molecular weight is 481 g/mol. The van der Waals surface area contributed by atoms with Crippen molar-refractivity contribution in [3.63, 3.8) is 0 Å². The second kappa shape index (κ2) is 10.8. The predicted molar refractivity (Wildman–Crippen MR) is 132 cm³/mol. The molecule has 5 nitrogen and oxygen atoms in total. The number of unbranched alkanes of at least 4 members (excludes halogenated alkanes) is 1. The number of carbonyl (C=O) groups is 2. The minimum atomic E-state index is -0.571. The van der Waals surface area contributed by atoms with Gasteiger partial charge in [-0.15, -0.1) is 11.3 Å². The van der Waals surface area contributed by atoms with E-state index in [2.05, 4.69) is 11.4 Å². The van der Waals surface area contributed by atoms with Gasteiger partial charge in [-0.25, -0.2) is 4.39 Å². The van der Waals surface area contributed by atoms with Gasteiger partial charge < -0.3 is 14.5 Å². The van der Waals surface area contributed by atoms with Crippen molar-refractivity contribution in [1.29, 1.82) is 0 Å². The van der Waals surface area contributed by atoms with Gasteiger partial charge in [0.2, 0.25) is 5.91 Å². The highest BCUT2D eigenvalue weighted by atomic mass is 32.1. The summed E-state index contributed by atoms with van der Waals surface area (Å²) in [6, 6.07) is 15.5. The summed E-state index contributed by atoms with van der Waals surface area (Å²) in [5.41, 5.74) is 2.11. The molecule has 0 aliphatic carbocycles. The number of thiophene rings is 1. The summed E-state index contributed by atoms with van der Waals surface area (Å²) in [6.07, 6.45) is 2.39. The van der Waals surface area contributed by atoms with Gasteiger partial charge in [-0.05, 0) is 59.7 Å². The van der Waals surface area contributed by atoms with Crippen LogP contribution in [0.3, 0.4) is 0 Å². The van der Waals surface area contributed by atoms with Crippen molar-refractivity contribution in [2.75, 3.05) is 26.7 Å². The Morgan fingerprint density at radius 3 is 2.62 bits per heavy atom. The molecule has 34 heavy (non-hydrogen) atoms. The smallest absolute Gasteiger partial charge is 0.257 e. The van der Waals surface area contributed by atoms with Crippen LogP contribution in [0.2, 0.25) is 0 Å². The number of rotatable bonds is 8. The van der Waals surface area contributed by atoms with E-state index < -0.39 is 11.7 Å². The van der Waals surface area contributed by atoms with Crippen molar-refractivity contribution in [3.8, 4) is 5.75 Å². The van der Waals surface area contributed by atoms with Gasteiger partial charge in [0.05, 0.1) is 18.7 Å². The number of benzene rings is 2. The van der Waals surface area contributed by atoms with E-state index in [1.165, 1.54) is 21.9 Å². The molecule has 1 aromatic heterocycles. The van der Waals surface area contributed by atoms with E-state index in [1.54, 1.807) is 30.6 Å². The van der Waals surface area contributed by atoms with Crippen LogP contribution in [0.1, 0.15) is 52.2 Å². The molecule has 0 fully saturated rings. The molecule has 4 rings (SSSR count). The summed E-state index contributed by atoms with van der Waals surface area (Å²) < 4.78 is 19.6. The average Bonchev–Trinajstić information content (AvgIpc) is 3.35. The van der Waals surface area contributed by atoms with Crippen LogP contribution >= 0.6 is 11.3 Å². The molecular formula is C27H29FN2O3S. The zero-order valence-electron chi connectivity index (χ0n) is 19.5. The number of nitrogens with zero attached hydrogens (tertiary/aromatic N) is 2. The molecule has 0 saturated carbocycles. The number of hydrogen-bond acceptors (Lipinski definition) is 4. The molecule has 2 heterocycles. The van der Waals surface area contributed by atoms with Gasteiger partial charge >= 0.3 is 0 Å². The highest BCUT2D eigenvalue weighted by Crippen LogP contribution is 2.38. The second-order valence-electron chi connectivity index (χ2n) is 8.37. The lowest BCUT2D eigenvalue weighted by atomic mass is 9.93. The van der Waals surface area contributed by atoms with Gasteiger partial charge in [0.25, 0.3) is 5.91 Å². The number of methoxy groups -OCH3 is 1. The highest BCUT2D eigenvalue weighted by Gasteiger charge is 2.34. The monoisotopic (exact) mass is 480 g/mol. The van der Waals surface area contributed by atoms with E-state index in [0.717, 1.165) is 36.1 Å². The zero-order valence-corrected chi connectivity index (χ0v) is 20.3. The van der Waals surface area contributed by atoms with E-state index >= 15 is 0 Å². The highest BCUT2D eigenvalue weighted by molar-refractivity contribution is 7.10. The van der Waals surface area contributed by atoms with Crippen molar-refractivity contribution < 1.29 is 18.7 Å². The van der Waals surface area contributed by atoms with E-state index in [1.807, 2.05) is 36.1 Å². The molecule has 2 aromatic carbocycles. The van der Waals surface area contributed by atoms with Crippen molar-refractivity contribution in [1.82, 2.24) is 9.80 Å². The first-order valence-corrected chi connectivity index (χ1v) is 12.4. The van der Waals surface area contributed by atoms with Gasteiger partial charge in [0.1, 0.15) is 18.1 Å². The van der Waals surface area contributed by atoms with Gasteiger partial charge in [-0.3, -0.25) is 9.59 Å². The summed E-state index contributed by atoms with van der Waals surface area (Å²) in [4.78, 5) is 31.4. The lowest BCUT2D eigenvalue weighted by molar-refractivity contribution is -0.134. The predicted octanol–water partition coefficient (Wildman–Crippen LogP) is 5.31. The SMILES string of the molecule is CCCCN(CC(=O)N1CCc2sccc2C1c1ccc(OC)cc1)C(=O)c1ccccc1F. The molecule has 1 atom stereocenters. The second-order valence-corrected chi connectivity index (χ2v) is 9.37. The largest absolute Gasteiger partial charge is 0.497 e.